The summed E-state index contributed by atoms with van der Waals surface area (Å²) < 4.78 is 10.6. The Morgan fingerprint density at radius 1 is 1.08 bits per heavy atom. The van der Waals surface area contributed by atoms with Crippen molar-refractivity contribution in [1.29, 1.82) is 0 Å². The van der Waals surface area contributed by atoms with E-state index in [-0.39, 0.29) is 0 Å². The highest BCUT2D eigenvalue weighted by Gasteiger charge is 2.08. The first-order valence-corrected chi connectivity index (χ1v) is 8.92. The van der Waals surface area contributed by atoms with Crippen molar-refractivity contribution in [2.45, 2.75) is 26.7 Å². The van der Waals surface area contributed by atoms with Crippen LogP contribution in [0.15, 0.2) is 47.5 Å². The molecule has 3 N–H and O–H groups in total. The Balaban J connectivity index is 1.92. The van der Waals surface area contributed by atoms with Gasteiger partial charge in [0.25, 0.3) is 0 Å². The summed E-state index contributed by atoms with van der Waals surface area (Å²) in [6, 6.07) is 14.2. The van der Waals surface area contributed by atoms with Gasteiger partial charge in [-0.3, -0.25) is 4.99 Å². The van der Waals surface area contributed by atoms with Crippen molar-refractivity contribution >= 4 is 11.6 Å². The van der Waals surface area contributed by atoms with Crippen LogP contribution in [0.5, 0.6) is 11.5 Å². The van der Waals surface area contributed by atoms with E-state index in [9.17, 15) is 0 Å². The third-order valence-electron chi connectivity index (χ3n) is 4.21. The zero-order valence-corrected chi connectivity index (χ0v) is 16.1. The molecule has 0 fully saturated rings. The molecule has 0 amide bonds. The molecule has 140 valence electrons. The summed E-state index contributed by atoms with van der Waals surface area (Å²) in [5.74, 6) is 2.29. The number of guanidine groups is 1. The highest BCUT2D eigenvalue weighted by molar-refractivity contribution is 5.92. The van der Waals surface area contributed by atoms with E-state index in [2.05, 4.69) is 42.4 Å². The smallest absolute Gasteiger partial charge is 0.193 e. The van der Waals surface area contributed by atoms with Gasteiger partial charge in [-0.15, -0.1) is 0 Å². The summed E-state index contributed by atoms with van der Waals surface area (Å²) >= 11 is 0. The fraction of sp³-hybridized carbons (Fsp3) is 0.381. The fourth-order valence-electron chi connectivity index (χ4n) is 2.79. The van der Waals surface area contributed by atoms with Crippen molar-refractivity contribution < 1.29 is 9.47 Å². The lowest BCUT2D eigenvalue weighted by atomic mass is 10.0. The summed E-state index contributed by atoms with van der Waals surface area (Å²) in [6.07, 6.45) is 1.89. The van der Waals surface area contributed by atoms with Gasteiger partial charge in [0.05, 0.1) is 14.2 Å². The Labute approximate surface area is 156 Å². The molecule has 0 saturated carbocycles. The van der Waals surface area contributed by atoms with Gasteiger partial charge in [0.1, 0.15) is 0 Å². The molecular weight excluding hydrogens is 326 g/mol. The monoisotopic (exact) mass is 355 g/mol. The molecule has 0 radical (unpaired) electrons. The lowest BCUT2D eigenvalue weighted by molar-refractivity contribution is 0.354. The van der Waals surface area contributed by atoms with E-state index in [0.29, 0.717) is 18.4 Å². The van der Waals surface area contributed by atoms with E-state index in [1.54, 1.807) is 14.2 Å². The van der Waals surface area contributed by atoms with E-state index in [1.807, 2.05) is 24.3 Å². The predicted molar refractivity (Wildman–Crippen MR) is 108 cm³/mol. The Morgan fingerprint density at radius 2 is 1.85 bits per heavy atom. The number of nitrogens with two attached hydrogens (primary N) is 1. The Kier molecular flexibility index (Phi) is 7.33. The van der Waals surface area contributed by atoms with Crippen LogP contribution in [-0.2, 0) is 12.8 Å². The minimum absolute atomic E-state index is 0.357. The maximum absolute atomic E-state index is 6.02. The fourth-order valence-corrected chi connectivity index (χ4v) is 2.79. The van der Waals surface area contributed by atoms with Crippen molar-refractivity contribution in [3.05, 3.63) is 53.6 Å². The lowest BCUT2D eigenvalue weighted by Gasteiger charge is -2.13. The van der Waals surface area contributed by atoms with E-state index in [4.69, 9.17) is 15.2 Å². The highest BCUT2D eigenvalue weighted by atomic mass is 16.5. The van der Waals surface area contributed by atoms with Crippen LogP contribution in [0.25, 0.3) is 0 Å². The number of methoxy groups -OCH3 is 2. The van der Waals surface area contributed by atoms with Gasteiger partial charge in [0.15, 0.2) is 17.5 Å². The van der Waals surface area contributed by atoms with Gasteiger partial charge in [-0.25, -0.2) is 0 Å². The van der Waals surface area contributed by atoms with Crippen LogP contribution in [0.1, 0.15) is 25.0 Å². The highest BCUT2D eigenvalue weighted by Crippen LogP contribution is 2.28. The van der Waals surface area contributed by atoms with Crippen molar-refractivity contribution in [1.82, 2.24) is 0 Å². The molecule has 0 aliphatic rings. The molecule has 5 nitrogen and oxygen atoms in total. The maximum Gasteiger partial charge on any atom is 0.193 e. The lowest BCUT2D eigenvalue weighted by Crippen LogP contribution is -2.23. The number of benzene rings is 2. The number of anilines is 1. The molecule has 0 spiro atoms. The first-order valence-electron chi connectivity index (χ1n) is 8.92. The predicted octanol–water partition coefficient (Wildman–Crippen LogP) is 3.87. The third-order valence-corrected chi connectivity index (χ3v) is 4.21. The van der Waals surface area contributed by atoms with Crippen molar-refractivity contribution in [2.75, 3.05) is 26.1 Å². The number of hydrogen-bond acceptors (Lipinski definition) is 3. The van der Waals surface area contributed by atoms with E-state index in [1.165, 1.54) is 11.1 Å². The summed E-state index contributed by atoms with van der Waals surface area (Å²) in [6.45, 7) is 4.94. The molecular formula is C21H29N3O2. The van der Waals surface area contributed by atoms with Gasteiger partial charge in [-0.1, -0.05) is 32.0 Å². The maximum atomic E-state index is 6.02. The molecule has 2 aromatic rings. The third kappa shape index (κ3) is 5.69. The summed E-state index contributed by atoms with van der Waals surface area (Å²) in [7, 11) is 3.29. The quantitative estimate of drug-likeness (QED) is 0.557. The van der Waals surface area contributed by atoms with Crippen molar-refractivity contribution in [2.24, 2.45) is 16.6 Å². The molecule has 0 aliphatic carbocycles. The molecule has 5 heteroatoms. The first kappa shape index (κ1) is 19.6. The second kappa shape index (κ2) is 9.70. The molecule has 1 unspecified atom stereocenters. The number of rotatable bonds is 8. The van der Waals surface area contributed by atoms with E-state index >= 15 is 0 Å². The molecule has 0 aliphatic heterocycles. The standard InChI is InChI=1S/C21H29N3O2/c1-5-16-7-6-8-18(12-16)24-21(22)23-14-15(2)11-17-9-10-19(25-3)20(13-17)26-4/h6-10,12-13,15H,5,11,14H2,1-4H3,(H3,22,23,24). The number of nitrogens with zero attached hydrogens (tertiary/aromatic N) is 1. The Bertz CT molecular complexity index is 744. The number of nitrogens with one attached hydrogen (secondary N) is 1. The molecule has 1 atom stereocenters. The normalized spacial score (nSPS) is 12.5. The van der Waals surface area contributed by atoms with Crippen LogP contribution in [0.2, 0.25) is 0 Å². The molecule has 0 saturated heterocycles. The van der Waals surface area contributed by atoms with Gasteiger partial charge in [0.2, 0.25) is 0 Å². The first-order chi connectivity index (χ1) is 12.5. The number of aliphatic imine (C=N–C) groups is 1. The second-order valence-electron chi connectivity index (χ2n) is 6.40. The van der Waals surface area contributed by atoms with Crippen molar-refractivity contribution in [3.63, 3.8) is 0 Å². The Morgan fingerprint density at radius 3 is 2.54 bits per heavy atom. The van der Waals surface area contributed by atoms with Crippen LogP contribution >= 0.6 is 0 Å². The summed E-state index contributed by atoms with van der Waals surface area (Å²) in [5.41, 5.74) is 9.45. The molecule has 26 heavy (non-hydrogen) atoms. The molecule has 0 bridgehead atoms. The van der Waals surface area contributed by atoms with Gasteiger partial charge >= 0.3 is 0 Å². The molecule has 0 aromatic heterocycles. The minimum Gasteiger partial charge on any atom is -0.493 e. The number of hydrogen-bond donors (Lipinski definition) is 2. The van der Waals surface area contributed by atoms with Crippen LogP contribution < -0.4 is 20.5 Å². The van der Waals surface area contributed by atoms with Crippen LogP contribution in [-0.4, -0.2) is 26.7 Å². The summed E-state index contributed by atoms with van der Waals surface area (Å²) in [4.78, 5) is 4.47. The molecule has 2 aromatic carbocycles. The van der Waals surface area contributed by atoms with Gasteiger partial charge in [0, 0.05) is 12.2 Å². The molecule has 0 heterocycles. The minimum atomic E-state index is 0.357. The van der Waals surface area contributed by atoms with Gasteiger partial charge in [-0.05, 0) is 54.2 Å². The average Bonchev–Trinajstić information content (AvgIpc) is 2.66. The SMILES string of the molecule is CCc1cccc(NC(N)=NCC(C)Cc2ccc(OC)c(OC)c2)c1. The summed E-state index contributed by atoms with van der Waals surface area (Å²) in [5, 5.41) is 3.16. The second-order valence-corrected chi connectivity index (χ2v) is 6.40. The molecule has 2 rings (SSSR count). The zero-order valence-electron chi connectivity index (χ0n) is 16.1. The largest absolute Gasteiger partial charge is 0.493 e. The van der Waals surface area contributed by atoms with Crippen LogP contribution in [0.4, 0.5) is 5.69 Å². The van der Waals surface area contributed by atoms with Gasteiger partial charge in [-0.2, -0.15) is 0 Å². The number of ether oxygens (including phenoxy) is 2. The van der Waals surface area contributed by atoms with Crippen LogP contribution in [0, 0.1) is 5.92 Å². The van der Waals surface area contributed by atoms with Crippen molar-refractivity contribution in [3.8, 4) is 11.5 Å². The topological polar surface area (TPSA) is 68.9 Å². The van der Waals surface area contributed by atoms with E-state index < -0.39 is 0 Å². The number of aryl methyl sites for hydroxylation is 1. The average molecular weight is 355 g/mol. The van der Waals surface area contributed by atoms with Gasteiger partial charge < -0.3 is 20.5 Å². The Hall–Kier alpha value is -2.69. The van der Waals surface area contributed by atoms with Crippen LogP contribution in [0.3, 0.4) is 0 Å². The van der Waals surface area contributed by atoms with E-state index in [0.717, 1.165) is 30.0 Å². The zero-order chi connectivity index (χ0) is 18.9.